The van der Waals surface area contributed by atoms with E-state index >= 15 is 0 Å². The summed E-state index contributed by atoms with van der Waals surface area (Å²) >= 11 is 0. The highest BCUT2D eigenvalue weighted by Crippen LogP contribution is 2.30. The van der Waals surface area contributed by atoms with Crippen molar-refractivity contribution in [2.24, 2.45) is 5.41 Å². The molecule has 0 aromatic heterocycles. The molecular weight excluding hydrogens is 252 g/mol. The van der Waals surface area contributed by atoms with Gasteiger partial charge in [0, 0.05) is 0 Å². The largest absolute Gasteiger partial charge is 0.492 e. The maximum Gasteiger partial charge on any atom is 0.342 e. The van der Waals surface area contributed by atoms with Crippen molar-refractivity contribution < 1.29 is 14.3 Å². The van der Waals surface area contributed by atoms with Crippen molar-refractivity contribution in [1.29, 1.82) is 0 Å². The van der Waals surface area contributed by atoms with Gasteiger partial charge in [-0.1, -0.05) is 51.1 Å². The minimum absolute atomic E-state index is 0.0268. The van der Waals surface area contributed by atoms with Crippen molar-refractivity contribution >= 4 is 16.7 Å². The predicted octanol–water partition coefficient (Wildman–Crippen LogP) is 4.05. The number of hydrogen-bond donors (Lipinski definition) is 0. The number of ether oxygens (including phenoxy) is 2. The smallest absolute Gasteiger partial charge is 0.342 e. The third-order valence-corrected chi connectivity index (χ3v) is 2.94. The molecule has 0 aliphatic carbocycles. The van der Waals surface area contributed by atoms with Gasteiger partial charge in [0.2, 0.25) is 0 Å². The molecule has 3 heteroatoms. The third-order valence-electron chi connectivity index (χ3n) is 2.94. The Kier molecular flexibility index (Phi) is 3.98. The summed E-state index contributed by atoms with van der Waals surface area (Å²) in [6.45, 7) is 6.80. The van der Waals surface area contributed by atoms with Gasteiger partial charge >= 0.3 is 5.97 Å². The van der Waals surface area contributed by atoms with Crippen molar-refractivity contribution in [3.63, 3.8) is 0 Å². The second-order valence-electron chi connectivity index (χ2n) is 6.00. The van der Waals surface area contributed by atoms with Gasteiger partial charge in [-0.3, -0.25) is 0 Å². The molecule has 0 atom stereocenters. The number of methoxy groups -OCH3 is 1. The summed E-state index contributed by atoms with van der Waals surface area (Å²) in [5.74, 6) is 0.205. The van der Waals surface area contributed by atoms with Crippen molar-refractivity contribution in [1.82, 2.24) is 0 Å². The highest BCUT2D eigenvalue weighted by atomic mass is 16.5. The van der Waals surface area contributed by atoms with Crippen LogP contribution in [0.1, 0.15) is 31.1 Å². The summed E-state index contributed by atoms with van der Waals surface area (Å²) in [6.07, 6.45) is 0. The van der Waals surface area contributed by atoms with E-state index in [1.54, 1.807) is 0 Å². The molecule has 106 valence electrons. The molecule has 0 N–H and O–H groups in total. The fourth-order valence-corrected chi connectivity index (χ4v) is 1.98. The zero-order chi connectivity index (χ0) is 14.8. The van der Waals surface area contributed by atoms with E-state index in [1.807, 2.05) is 36.4 Å². The van der Waals surface area contributed by atoms with E-state index in [4.69, 9.17) is 9.47 Å². The van der Waals surface area contributed by atoms with Gasteiger partial charge in [-0.2, -0.15) is 0 Å². The van der Waals surface area contributed by atoms with Gasteiger partial charge in [0.25, 0.3) is 0 Å². The molecule has 0 aliphatic rings. The van der Waals surface area contributed by atoms with Crippen LogP contribution in [0.25, 0.3) is 10.8 Å². The summed E-state index contributed by atoms with van der Waals surface area (Å²) < 4.78 is 10.7. The summed E-state index contributed by atoms with van der Waals surface area (Å²) in [6, 6.07) is 11.5. The van der Waals surface area contributed by atoms with E-state index < -0.39 is 0 Å². The predicted molar refractivity (Wildman–Crippen MR) is 80.2 cm³/mol. The Morgan fingerprint density at radius 3 is 2.45 bits per heavy atom. The molecule has 0 radical (unpaired) electrons. The average molecular weight is 272 g/mol. The number of benzene rings is 2. The molecule has 2 aromatic rings. The van der Waals surface area contributed by atoms with Crippen molar-refractivity contribution in [3.8, 4) is 5.75 Å². The minimum Gasteiger partial charge on any atom is -0.492 e. The van der Waals surface area contributed by atoms with Crippen molar-refractivity contribution in [2.75, 3.05) is 13.7 Å². The van der Waals surface area contributed by atoms with Gasteiger partial charge < -0.3 is 9.47 Å². The molecule has 0 spiro atoms. The van der Waals surface area contributed by atoms with Crippen LogP contribution in [0.15, 0.2) is 36.4 Å². The van der Waals surface area contributed by atoms with Crippen LogP contribution in [0.3, 0.4) is 0 Å². The average Bonchev–Trinajstić information content (AvgIpc) is 2.42. The zero-order valence-electron chi connectivity index (χ0n) is 12.4. The van der Waals surface area contributed by atoms with Crippen molar-refractivity contribution in [2.45, 2.75) is 20.8 Å². The van der Waals surface area contributed by atoms with Crippen LogP contribution < -0.4 is 4.74 Å². The van der Waals surface area contributed by atoms with Crippen LogP contribution in [-0.4, -0.2) is 19.7 Å². The highest BCUT2D eigenvalue weighted by Gasteiger charge is 2.19. The molecule has 20 heavy (non-hydrogen) atoms. The van der Waals surface area contributed by atoms with E-state index in [-0.39, 0.29) is 11.4 Å². The Morgan fingerprint density at radius 1 is 1.10 bits per heavy atom. The molecule has 2 rings (SSSR count). The Balaban J connectivity index is 2.50. The van der Waals surface area contributed by atoms with E-state index in [0.717, 1.165) is 10.8 Å². The third kappa shape index (κ3) is 3.10. The Bertz CT molecular complexity index is 624. The molecule has 0 fully saturated rings. The van der Waals surface area contributed by atoms with E-state index in [9.17, 15) is 4.79 Å². The summed E-state index contributed by atoms with van der Waals surface area (Å²) in [5.41, 5.74) is 0.522. The maximum atomic E-state index is 12.1. The molecule has 0 saturated carbocycles. The Hall–Kier alpha value is -2.03. The first-order valence-corrected chi connectivity index (χ1v) is 6.65. The number of fused-ring (bicyclic) bond motifs is 1. The van der Waals surface area contributed by atoms with E-state index in [2.05, 4.69) is 20.8 Å². The SMILES string of the molecule is COC(=O)c1c(OCC(C)(C)C)ccc2ccccc12. The molecule has 3 nitrogen and oxygen atoms in total. The van der Waals surface area contributed by atoms with Crippen LogP contribution in [0.4, 0.5) is 0 Å². The molecule has 2 aromatic carbocycles. The van der Waals surface area contributed by atoms with Crippen LogP contribution in [0, 0.1) is 5.41 Å². The van der Waals surface area contributed by atoms with Crippen molar-refractivity contribution in [3.05, 3.63) is 42.0 Å². The van der Waals surface area contributed by atoms with Gasteiger partial charge in [-0.25, -0.2) is 4.79 Å². The highest BCUT2D eigenvalue weighted by molar-refractivity contribution is 6.07. The first-order valence-electron chi connectivity index (χ1n) is 6.65. The van der Waals surface area contributed by atoms with Crippen LogP contribution >= 0.6 is 0 Å². The molecule has 0 heterocycles. The number of hydrogen-bond acceptors (Lipinski definition) is 3. The summed E-state index contributed by atoms with van der Waals surface area (Å²) in [5, 5.41) is 1.85. The first kappa shape index (κ1) is 14.4. The van der Waals surface area contributed by atoms with Crippen LogP contribution in [0.5, 0.6) is 5.75 Å². The topological polar surface area (TPSA) is 35.5 Å². The lowest BCUT2D eigenvalue weighted by molar-refractivity contribution is 0.0596. The summed E-state index contributed by atoms with van der Waals surface area (Å²) in [4.78, 5) is 12.1. The maximum absolute atomic E-state index is 12.1. The molecule has 0 bridgehead atoms. The molecular formula is C17H20O3. The standard InChI is InChI=1S/C17H20O3/c1-17(2,3)11-20-14-10-9-12-7-5-6-8-13(12)15(14)16(18)19-4/h5-10H,11H2,1-4H3. The molecule has 0 unspecified atom stereocenters. The number of carbonyl (C=O) groups is 1. The number of carbonyl (C=O) groups excluding carboxylic acids is 1. The van der Waals surface area contributed by atoms with Gasteiger partial charge in [-0.05, 0) is 22.3 Å². The zero-order valence-corrected chi connectivity index (χ0v) is 12.4. The second-order valence-corrected chi connectivity index (χ2v) is 6.00. The normalized spacial score (nSPS) is 11.4. The lowest BCUT2D eigenvalue weighted by Crippen LogP contribution is -2.18. The Labute approximate surface area is 119 Å². The first-order chi connectivity index (χ1) is 9.42. The Morgan fingerprint density at radius 2 is 1.80 bits per heavy atom. The number of rotatable bonds is 3. The van der Waals surface area contributed by atoms with E-state index in [1.165, 1.54) is 7.11 Å². The lowest BCUT2D eigenvalue weighted by Gasteiger charge is -2.20. The summed E-state index contributed by atoms with van der Waals surface area (Å²) in [7, 11) is 1.39. The van der Waals surface area contributed by atoms with Gasteiger partial charge in [0.15, 0.2) is 0 Å². The lowest BCUT2D eigenvalue weighted by atomic mass is 9.98. The fourth-order valence-electron chi connectivity index (χ4n) is 1.98. The van der Waals surface area contributed by atoms with E-state index in [0.29, 0.717) is 17.9 Å². The minimum atomic E-state index is -0.370. The number of esters is 1. The van der Waals surface area contributed by atoms with Gasteiger partial charge in [0.1, 0.15) is 11.3 Å². The van der Waals surface area contributed by atoms with Gasteiger partial charge in [-0.15, -0.1) is 0 Å². The van der Waals surface area contributed by atoms with Crippen LogP contribution in [0.2, 0.25) is 0 Å². The molecule has 0 saturated heterocycles. The monoisotopic (exact) mass is 272 g/mol. The second kappa shape index (κ2) is 5.53. The van der Waals surface area contributed by atoms with Gasteiger partial charge in [0.05, 0.1) is 13.7 Å². The quantitative estimate of drug-likeness (QED) is 0.791. The molecule has 0 amide bonds. The molecule has 0 aliphatic heterocycles. The fraction of sp³-hybridized carbons (Fsp3) is 0.353. The van der Waals surface area contributed by atoms with Crippen LogP contribution in [-0.2, 0) is 4.74 Å².